The molecule has 28 heavy (non-hydrogen) atoms. The number of fused-ring (bicyclic) bond motifs is 3. The largest absolute Gasteiger partial charge is 0.489 e. The lowest BCUT2D eigenvalue weighted by molar-refractivity contribution is -0.163. The van der Waals surface area contributed by atoms with Gasteiger partial charge in [-0.2, -0.15) is 5.01 Å². The van der Waals surface area contributed by atoms with Crippen molar-refractivity contribution in [2.75, 3.05) is 13.1 Å². The molecule has 7 heteroatoms. The van der Waals surface area contributed by atoms with Crippen LogP contribution in [0.25, 0.3) is 0 Å². The Hall–Kier alpha value is -2.41. The van der Waals surface area contributed by atoms with E-state index in [4.69, 9.17) is 4.74 Å². The molecule has 148 valence electrons. The van der Waals surface area contributed by atoms with E-state index in [0.717, 1.165) is 35.2 Å². The van der Waals surface area contributed by atoms with E-state index >= 15 is 0 Å². The molecule has 0 N–H and O–H groups in total. The molecule has 7 nitrogen and oxygen atoms in total. The zero-order valence-corrected chi connectivity index (χ0v) is 16.1. The lowest BCUT2D eigenvalue weighted by Gasteiger charge is -2.32. The van der Waals surface area contributed by atoms with Crippen molar-refractivity contribution in [1.29, 1.82) is 0 Å². The zero-order valence-electron chi connectivity index (χ0n) is 16.1. The zero-order chi connectivity index (χ0) is 19.4. The fraction of sp³-hybridized carbons (Fsp3) is 0.571. The molecule has 2 saturated heterocycles. The Morgan fingerprint density at radius 3 is 2.61 bits per heavy atom. The number of piperidine rings is 2. The first-order valence-electron chi connectivity index (χ1n) is 10.3. The van der Waals surface area contributed by atoms with Gasteiger partial charge in [-0.15, -0.1) is 0 Å². The first-order chi connectivity index (χ1) is 13.5. The molecule has 0 radical (unpaired) electrons. The second-order valence-corrected chi connectivity index (χ2v) is 8.28. The summed E-state index contributed by atoms with van der Waals surface area (Å²) in [6.07, 6.45) is 3.64. The quantitative estimate of drug-likeness (QED) is 0.744. The first kappa shape index (κ1) is 17.7. The van der Waals surface area contributed by atoms with Crippen LogP contribution in [-0.4, -0.2) is 57.9 Å². The minimum atomic E-state index is -0.296. The third kappa shape index (κ3) is 2.71. The number of likely N-dealkylation sites (N-methyl/N-ethyl adjacent to an activating group) is 1. The van der Waals surface area contributed by atoms with Crippen LogP contribution in [0, 0.1) is 5.92 Å². The maximum atomic E-state index is 12.8. The van der Waals surface area contributed by atoms with Crippen LogP contribution in [-0.2, 0) is 16.1 Å². The van der Waals surface area contributed by atoms with Crippen LogP contribution < -0.4 is 4.74 Å². The maximum Gasteiger partial charge on any atom is 0.273 e. The van der Waals surface area contributed by atoms with Gasteiger partial charge in [0.05, 0.1) is 6.54 Å². The number of nitrogens with zero attached hydrogens (tertiary/aromatic N) is 3. The number of ether oxygens (including phenoxy) is 1. The second kappa shape index (κ2) is 6.58. The van der Waals surface area contributed by atoms with Crippen molar-refractivity contribution >= 4 is 17.7 Å². The summed E-state index contributed by atoms with van der Waals surface area (Å²) in [5, 5.41) is 2.33. The highest BCUT2D eigenvalue weighted by Crippen LogP contribution is 2.40. The molecule has 1 aliphatic carbocycles. The Bertz CT molecular complexity index is 838. The van der Waals surface area contributed by atoms with Crippen LogP contribution in [0.2, 0.25) is 0 Å². The number of hydrogen-bond acceptors (Lipinski definition) is 5. The van der Waals surface area contributed by atoms with Gasteiger partial charge in [-0.3, -0.25) is 19.3 Å². The van der Waals surface area contributed by atoms with E-state index in [1.807, 2.05) is 12.1 Å². The standard InChI is InChI=1S/C21H25N3O4/c1-2-22-11-13-8-17(22)18(9-13)28-15-6-7-16-14(10-15)12-23(21(16)27)24-19(25)4-3-5-20(24)26/h6-7,10,13,17-18H,2-5,8-9,11-12H2,1H3. The molecule has 3 atom stereocenters. The highest BCUT2D eigenvalue weighted by atomic mass is 16.5. The number of imide groups is 1. The van der Waals surface area contributed by atoms with Crippen molar-refractivity contribution in [2.45, 2.75) is 57.7 Å². The van der Waals surface area contributed by atoms with Crippen molar-refractivity contribution < 1.29 is 19.1 Å². The number of amides is 3. The minimum Gasteiger partial charge on any atom is -0.489 e. The van der Waals surface area contributed by atoms with E-state index in [1.54, 1.807) is 6.07 Å². The Balaban J connectivity index is 1.33. The molecular formula is C21H25N3O4. The topological polar surface area (TPSA) is 70.2 Å². The van der Waals surface area contributed by atoms with Crippen LogP contribution in [0.15, 0.2) is 18.2 Å². The van der Waals surface area contributed by atoms with Crippen molar-refractivity contribution in [2.24, 2.45) is 5.92 Å². The minimum absolute atomic E-state index is 0.190. The van der Waals surface area contributed by atoms with Crippen molar-refractivity contribution in [3.63, 3.8) is 0 Å². The van der Waals surface area contributed by atoms with Gasteiger partial charge in [-0.25, -0.2) is 5.01 Å². The van der Waals surface area contributed by atoms with E-state index in [9.17, 15) is 14.4 Å². The van der Waals surface area contributed by atoms with Gasteiger partial charge in [0.25, 0.3) is 5.91 Å². The normalized spacial score (nSPS) is 29.8. The molecule has 1 aromatic carbocycles. The molecule has 1 saturated carbocycles. The average Bonchev–Trinajstić information content (AvgIpc) is 3.35. The summed E-state index contributed by atoms with van der Waals surface area (Å²) in [6.45, 7) is 4.65. The molecular weight excluding hydrogens is 358 g/mol. The summed E-state index contributed by atoms with van der Waals surface area (Å²) in [4.78, 5) is 39.7. The Morgan fingerprint density at radius 2 is 1.89 bits per heavy atom. The number of carbonyl (C=O) groups is 3. The molecule has 1 aromatic rings. The van der Waals surface area contributed by atoms with Crippen LogP contribution in [0.5, 0.6) is 5.75 Å². The summed E-state index contributed by atoms with van der Waals surface area (Å²) < 4.78 is 6.31. The van der Waals surface area contributed by atoms with Gasteiger partial charge in [0.1, 0.15) is 11.9 Å². The molecule has 0 spiro atoms. The Labute approximate surface area is 164 Å². The highest BCUT2D eigenvalue weighted by Gasteiger charge is 2.46. The van der Waals surface area contributed by atoms with Crippen molar-refractivity contribution in [3.05, 3.63) is 29.3 Å². The second-order valence-electron chi connectivity index (χ2n) is 8.28. The SMILES string of the molecule is CCN1CC2CC(Oc3ccc4c(c3)CN(N3C(=O)CCCC3=O)C4=O)C1C2. The third-order valence-electron chi connectivity index (χ3n) is 6.58. The Morgan fingerprint density at radius 1 is 1.11 bits per heavy atom. The van der Waals surface area contributed by atoms with Crippen molar-refractivity contribution in [1.82, 2.24) is 14.9 Å². The van der Waals surface area contributed by atoms with Gasteiger partial charge in [-0.05, 0) is 55.5 Å². The van der Waals surface area contributed by atoms with Gasteiger partial charge >= 0.3 is 0 Å². The molecule has 3 aliphatic heterocycles. The van der Waals surface area contributed by atoms with Gasteiger partial charge in [0.2, 0.25) is 11.8 Å². The fourth-order valence-electron chi connectivity index (χ4n) is 5.27. The van der Waals surface area contributed by atoms with E-state index in [1.165, 1.54) is 18.0 Å². The number of rotatable bonds is 4. The summed E-state index contributed by atoms with van der Waals surface area (Å²) in [5.41, 5.74) is 1.35. The summed E-state index contributed by atoms with van der Waals surface area (Å²) in [6, 6.07) is 5.97. The average molecular weight is 383 g/mol. The van der Waals surface area contributed by atoms with Crippen LogP contribution in [0.3, 0.4) is 0 Å². The molecule has 3 amide bonds. The molecule has 4 aliphatic rings. The van der Waals surface area contributed by atoms with Gasteiger partial charge in [0, 0.05) is 31.0 Å². The number of hydrazine groups is 1. The number of benzene rings is 1. The lowest BCUT2D eigenvalue weighted by Crippen LogP contribution is -2.51. The molecule has 3 heterocycles. The fourth-order valence-corrected chi connectivity index (χ4v) is 5.27. The van der Waals surface area contributed by atoms with E-state index in [-0.39, 0.29) is 30.4 Å². The van der Waals surface area contributed by atoms with Crippen molar-refractivity contribution in [3.8, 4) is 5.75 Å². The van der Waals surface area contributed by atoms with Crippen LogP contribution >= 0.6 is 0 Å². The maximum absolute atomic E-state index is 12.8. The molecule has 2 bridgehead atoms. The summed E-state index contributed by atoms with van der Waals surface area (Å²) in [7, 11) is 0. The van der Waals surface area contributed by atoms with E-state index < -0.39 is 0 Å². The first-order valence-corrected chi connectivity index (χ1v) is 10.3. The van der Waals surface area contributed by atoms with Gasteiger partial charge in [0.15, 0.2) is 0 Å². The van der Waals surface area contributed by atoms with Gasteiger partial charge < -0.3 is 4.74 Å². The number of hydrogen-bond donors (Lipinski definition) is 0. The molecule has 0 aromatic heterocycles. The molecule has 3 unspecified atom stereocenters. The summed E-state index contributed by atoms with van der Waals surface area (Å²) in [5.74, 6) is 0.601. The predicted octanol–water partition coefficient (Wildman–Crippen LogP) is 1.96. The Kier molecular flexibility index (Phi) is 4.16. The molecule has 3 fully saturated rings. The third-order valence-corrected chi connectivity index (χ3v) is 6.58. The van der Waals surface area contributed by atoms with Gasteiger partial charge in [-0.1, -0.05) is 6.92 Å². The van der Waals surface area contributed by atoms with E-state index in [2.05, 4.69) is 11.8 Å². The van der Waals surface area contributed by atoms with Crippen LogP contribution in [0.1, 0.15) is 54.9 Å². The summed E-state index contributed by atoms with van der Waals surface area (Å²) >= 11 is 0. The number of likely N-dealkylation sites (tertiary alicyclic amines) is 1. The van der Waals surface area contributed by atoms with E-state index in [0.29, 0.717) is 30.9 Å². The monoisotopic (exact) mass is 383 g/mol. The predicted molar refractivity (Wildman–Crippen MR) is 100 cm³/mol. The number of carbonyl (C=O) groups excluding carboxylic acids is 3. The van der Waals surface area contributed by atoms with Crippen LogP contribution in [0.4, 0.5) is 0 Å². The molecule has 5 rings (SSSR count). The smallest absolute Gasteiger partial charge is 0.273 e. The lowest BCUT2D eigenvalue weighted by atomic mass is 10.1. The highest BCUT2D eigenvalue weighted by molar-refractivity contribution is 6.04.